The lowest BCUT2D eigenvalue weighted by Crippen LogP contribution is -2.10. The molecule has 1 aromatic rings. The number of nitrogens with two attached hydrogens (primary N) is 1. The normalized spacial score (nSPS) is 9.94. The van der Waals surface area contributed by atoms with E-state index in [9.17, 15) is 13.6 Å². The van der Waals surface area contributed by atoms with Crippen LogP contribution in [0.25, 0.3) is 0 Å². The second kappa shape index (κ2) is 4.57. The molecule has 1 aromatic carbocycles. The van der Waals surface area contributed by atoms with Crippen LogP contribution in [0.4, 0.5) is 14.5 Å². The molecule has 0 unspecified atom stereocenters. The Morgan fingerprint density at radius 1 is 1.56 bits per heavy atom. The van der Waals surface area contributed by atoms with Gasteiger partial charge in [-0.15, -0.1) is 0 Å². The largest absolute Gasteiger partial charge is 0.432 e. The predicted molar refractivity (Wildman–Crippen MR) is 52.2 cm³/mol. The van der Waals surface area contributed by atoms with Gasteiger partial charge in [-0.3, -0.25) is 4.79 Å². The van der Waals surface area contributed by atoms with Crippen LogP contribution in [0, 0.1) is 11.3 Å². The summed E-state index contributed by atoms with van der Waals surface area (Å²) in [6.45, 7) is -1.91. The van der Waals surface area contributed by atoms with E-state index in [0.29, 0.717) is 0 Å². The number of nitrogens with zero attached hydrogens (tertiary/aromatic N) is 1. The molecule has 0 amide bonds. The number of hydrogen-bond donors (Lipinski definition) is 1. The molecule has 0 aliphatic heterocycles. The molecule has 0 saturated heterocycles. The molecule has 16 heavy (non-hydrogen) atoms. The number of benzene rings is 1. The third kappa shape index (κ3) is 2.25. The van der Waals surface area contributed by atoms with Crippen molar-refractivity contribution in [3.63, 3.8) is 0 Å². The van der Waals surface area contributed by atoms with Gasteiger partial charge in [-0.05, 0) is 19.1 Å². The molecule has 4 nitrogen and oxygen atoms in total. The average Bonchev–Trinajstić information content (AvgIpc) is 2.19. The summed E-state index contributed by atoms with van der Waals surface area (Å²) in [4.78, 5) is 11.1. The van der Waals surface area contributed by atoms with E-state index >= 15 is 0 Å². The summed E-state index contributed by atoms with van der Waals surface area (Å²) < 4.78 is 28.4. The molecule has 6 heteroatoms. The Balaban J connectivity index is 3.38. The van der Waals surface area contributed by atoms with Gasteiger partial charge >= 0.3 is 6.61 Å². The molecule has 0 bridgehead atoms. The standard InChI is InChI=1S/C10H8F2N2O2/c1-5(15)7-3-2-6(4-13)8(14)9(7)16-10(11)12/h2-3,10H,14H2,1H3. The highest BCUT2D eigenvalue weighted by molar-refractivity contribution is 5.99. The number of nitriles is 1. The Hall–Kier alpha value is -2.16. The first kappa shape index (κ1) is 11.9. The van der Waals surface area contributed by atoms with Crippen LogP contribution < -0.4 is 10.5 Å². The van der Waals surface area contributed by atoms with E-state index in [4.69, 9.17) is 11.0 Å². The molecule has 0 saturated carbocycles. The Kier molecular flexibility index (Phi) is 3.40. The highest BCUT2D eigenvalue weighted by Crippen LogP contribution is 2.31. The molecule has 0 atom stereocenters. The fraction of sp³-hybridized carbons (Fsp3) is 0.200. The Labute approximate surface area is 90.2 Å². The van der Waals surface area contributed by atoms with Gasteiger partial charge in [-0.2, -0.15) is 14.0 Å². The van der Waals surface area contributed by atoms with Gasteiger partial charge in [-0.1, -0.05) is 0 Å². The molecule has 1 rings (SSSR count). The number of carbonyl (C=O) groups excluding carboxylic acids is 1. The highest BCUT2D eigenvalue weighted by atomic mass is 19.3. The summed E-state index contributed by atoms with van der Waals surface area (Å²) in [5.74, 6) is -0.909. The van der Waals surface area contributed by atoms with Gasteiger partial charge in [0.05, 0.1) is 16.8 Å². The molecule has 0 aliphatic rings. The third-order valence-corrected chi connectivity index (χ3v) is 1.90. The van der Waals surface area contributed by atoms with Crippen molar-refractivity contribution in [2.45, 2.75) is 13.5 Å². The van der Waals surface area contributed by atoms with E-state index in [-0.39, 0.29) is 16.8 Å². The first-order valence-corrected chi connectivity index (χ1v) is 4.25. The number of halogens is 2. The van der Waals surface area contributed by atoms with Crippen molar-refractivity contribution in [2.75, 3.05) is 5.73 Å². The van der Waals surface area contributed by atoms with Crippen molar-refractivity contribution in [3.05, 3.63) is 23.3 Å². The highest BCUT2D eigenvalue weighted by Gasteiger charge is 2.18. The van der Waals surface area contributed by atoms with Crippen LogP contribution in [0.1, 0.15) is 22.8 Å². The fourth-order valence-corrected chi connectivity index (χ4v) is 1.19. The van der Waals surface area contributed by atoms with Gasteiger partial charge < -0.3 is 10.5 Å². The zero-order valence-corrected chi connectivity index (χ0v) is 8.33. The molecule has 0 radical (unpaired) electrons. The third-order valence-electron chi connectivity index (χ3n) is 1.90. The topological polar surface area (TPSA) is 76.1 Å². The van der Waals surface area contributed by atoms with Crippen LogP contribution in [0.3, 0.4) is 0 Å². The van der Waals surface area contributed by atoms with Gasteiger partial charge in [0.15, 0.2) is 11.5 Å². The van der Waals surface area contributed by atoms with E-state index in [1.807, 2.05) is 0 Å². The Morgan fingerprint density at radius 3 is 2.62 bits per heavy atom. The molecule has 0 heterocycles. The first-order valence-electron chi connectivity index (χ1n) is 4.25. The Morgan fingerprint density at radius 2 is 2.19 bits per heavy atom. The van der Waals surface area contributed by atoms with Crippen molar-refractivity contribution in [3.8, 4) is 11.8 Å². The molecule has 0 fully saturated rings. The van der Waals surface area contributed by atoms with Gasteiger partial charge in [0, 0.05) is 0 Å². The van der Waals surface area contributed by atoms with E-state index in [2.05, 4.69) is 4.74 Å². The molecule has 0 aromatic heterocycles. The summed E-state index contributed by atoms with van der Waals surface area (Å²) >= 11 is 0. The smallest absolute Gasteiger partial charge is 0.387 e. The summed E-state index contributed by atoms with van der Waals surface area (Å²) in [7, 11) is 0. The number of Topliss-reactive ketones (excluding diaryl/α,β-unsaturated/α-hetero) is 1. The number of anilines is 1. The maximum Gasteiger partial charge on any atom is 0.387 e. The average molecular weight is 226 g/mol. The van der Waals surface area contributed by atoms with Gasteiger partial charge in [0.1, 0.15) is 6.07 Å². The number of nitrogen functional groups attached to an aromatic ring is 1. The molecule has 0 aliphatic carbocycles. The van der Waals surface area contributed by atoms with Crippen LogP contribution in [-0.4, -0.2) is 12.4 Å². The molecule has 2 N–H and O–H groups in total. The summed E-state index contributed by atoms with van der Waals surface area (Å²) in [6, 6.07) is 4.23. The number of alkyl halides is 2. The maximum atomic E-state index is 12.1. The number of ether oxygens (including phenoxy) is 1. The number of hydrogen-bond acceptors (Lipinski definition) is 4. The predicted octanol–water partition coefficient (Wildman–Crippen LogP) is 1.94. The van der Waals surface area contributed by atoms with E-state index in [0.717, 1.165) is 0 Å². The maximum absolute atomic E-state index is 12.1. The Bertz CT molecular complexity index is 467. The molecule has 0 spiro atoms. The fourth-order valence-electron chi connectivity index (χ4n) is 1.19. The van der Waals surface area contributed by atoms with Crippen LogP contribution in [-0.2, 0) is 0 Å². The SMILES string of the molecule is CC(=O)c1ccc(C#N)c(N)c1OC(F)F. The lowest BCUT2D eigenvalue weighted by atomic mass is 10.1. The second-order valence-corrected chi connectivity index (χ2v) is 2.95. The first-order chi connectivity index (χ1) is 7.47. The zero-order valence-electron chi connectivity index (χ0n) is 8.33. The quantitative estimate of drug-likeness (QED) is 0.631. The van der Waals surface area contributed by atoms with Crippen molar-refractivity contribution in [2.24, 2.45) is 0 Å². The minimum Gasteiger partial charge on any atom is -0.432 e. The van der Waals surface area contributed by atoms with Crippen LogP contribution in [0.5, 0.6) is 5.75 Å². The number of rotatable bonds is 3. The van der Waals surface area contributed by atoms with Gasteiger partial charge in [0.2, 0.25) is 0 Å². The van der Waals surface area contributed by atoms with Crippen molar-refractivity contribution < 1.29 is 18.3 Å². The van der Waals surface area contributed by atoms with E-state index < -0.39 is 18.1 Å². The number of carbonyl (C=O) groups is 1. The molecular formula is C10H8F2N2O2. The molecule has 84 valence electrons. The van der Waals surface area contributed by atoms with E-state index in [1.54, 1.807) is 6.07 Å². The monoisotopic (exact) mass is 226 g/mol. The lowest BCUT2D eigenvalue weighted by Gasteiger charge is -2.12. The number of ketones is 1. The van der Waals surface area contributed by atoms with Crippen molar-refractivity contribution in [1.29, 1.82) is 5.26 Å². The van der Waals surface area contributed by atoms with E-state index in [1.165, 1.54) is 19.1 Å². The van der Waals surface area contributed by atoms with Crippen LogP contribution in [0.15, 0.2) is 12.1 Å². The summed E-state index contributed by atoms with van der Waals surface area (Å²) in [6.07, 6.45) is 0. The minimum atomic E-state index is -3.10. The van der Waals surface area contributed by atoms with Crippen LogP contribution >= 0.6 is 0 Å². The minimum absolute atomic E-state index is 0.0133. The zero-order chi connectivity index (χ0) is 12.3. The van der Waals surface area contributed by atoms with Crippen molar-refractivity contribution in [1.82, 2.24) is 0 Å². The lowest BCUT2D eigenvalue weighted by molar-refractivity contribution is -0.0496. The van der Waals surface area contributed by atoms with Gasteiger partial charge in [0.25, 0.3) is 0 Å². The molecular weight excluding hydrogens is 218 g/mol. The summed E-state index contributed by atoms with van der Waals surface area (Å²) in [5.41, 5.74) is 5.11. The van der Waals surface area contributed by atoms with Gasteiger partial charge in [-0.25, -0.2) is 0 Å². The summed E-state index contributed by atoms with van der Waals surface area (Å²) in [5, 5.41) is 8.65. The van der Waals surface area contributed by atoms with Crippen LogP contribution in [0.2, 0.25) is 0 Å². The van der Waals surface area contributed by atoms with Crippen molar-refractivity contribution >= 4 is 11.5 Å². The second-order valence-electron chi connectivity index (χ2n) is 2.95.